The number of nitrogen functional groups attached to an aromatic ring is 1. The normalized spacial score (nSPS) is 10.8. The summed E-state index contributed by atoms with van der Waals surface area (Å²) in [4.78, 5) is 25.1. The predicted octanol–water partition coefficient (Wildman–Crippen LogP) is 4.91. The molecule has 8 heteroatoms. The van der Waals surface area contributed by atoms with E-state index in [0.717, 1.165) is 22.3 Å². The number of ether oxygens (including phenoxy) is 1. The van der Waals surface area contributed by atoms with E-state index in [9.17, 15) is 4.79 Å². The molecule has 4 N–H and O–H groups in total. The molecule has 0 radical (unpaired) electrons. The monoisotopic (exact) mass is 428 g/mol. The molecule has 0 amide bonds. The van der Waals surface area contributed by atoms with Crippen molar-refractivity contribution in [1.82, 2.24) is 15.0 Å². The second-order valence-electron chi connectivity index (χ2n) is 7.68. The van der Waals surface area contributed by atoms with Gasteiger partial charge in [-0.1, -0.05) is 32.0 Å². The van der Waals surface area contributed by atoms with Gasteiger partial charge in [-0.15, -0.1) is 0 Å². The zero-order valence-corrected chi connectivity index (χ0v) is 17.9. The number of fused-ring (bicyclic) bond motifs is 1. The molecule has 0 spiro atoms. The molecule has 0 saturated carbocycles. The second kappa shape index (κ2) is 9.30. The van der Waals surface area contributed by atoms with Gasteiger partial charge >= 0.3 is 5.97 Å². The first-order valence-corrected chi connectivity index (χ1v) is 10.3. The molecule has 4 aromatic rings. The third kappa shape index (κ3) is 4.75. The highest BCUT2D eigenvalue weighted by Gasteiger charge is 2.12. The molecule has 0 atom stereocenters. The minimum atomic E-state index is -0.345. The van der Waals surface area contributed by atoms with E-state index in [-0.39, 0.29) is 11.9 Å². The van der Waals surface area contributed by atoms with E-state index in [1.165, 1.54) is 6.33 Å². The number of nitrogens with two attached hydrogens (primary N) is 1. The fourth-order valence-electron chi connectivity index (χ4n) is 3.08. The van der Waals surface area contributed by atoms with E-state index in [1.807, 2.05) is 44.2 Å². The summed E-state index contributed by atoms with van der Waals surface area (Å²) >= 11 is 0. The number of carbonyl (C=O) groups excluding carboxylic acids is 1. The lowest BCUT2D eigenvalue weighted by atomic mass is 10.2. The Labute approximate surface area is 185 Å². The van der Waals surface area contributed by atoms with Gasteiger partial charge < -0.3 is 21.1 Å². The summed E-state index contributed by atoms with van der Waals surface area (Å²) < 4.78 is 5.26. The van der Waals surface area contributed by atoms with Gasteiger partial charge in [0, 0.05) is 17.3 Å². The summed E-state index contributed by atoms with van der Waals surface area (Å²) in [6, 6.07) is 16.7. The maximum absolute atomic E-state index is 12.1. The maximum atomic E-state index is 12.1. The number of carbonyl (C=O) groups is 1. The molecule has 4 rings (SSSR count). The molecule has 2 aromatic heterocycles. The van der Waals surface area contributed by atoms with E-state index >= 15 is 0 Å². The minimum absolute atomic E-state index is 0.285. The Morgan fingerprint density at radius 2 is 1.69 bits per heavy atom. The van der Waals surface area contributed by atoms with E-state index in [2.05, 4.69) is 25.6 Å². The number of benzene rings is 2. The summed E-state index contributed by atoms with van der Waals surface area (Å²) in [6.45, 7) is 4.37. The molecule has 0 aliphatic rings. The van der Waals surface area contributed by atoms with Crippen LogP contribution in [0.3, 0.4) is 0 Å². The number of esters is 1. The second-order valence-corrected chi connectivity index (χ2v) is 7.68. The van der Waals surface area contributed by atoms with Crippen LogP contribution in [-0.2, 0) is 4.74 Å². The number of pyridine rings is 1. The van der Waals surface area contributed by atoms with Crippen LogP contribution in [0, 0.1) is 5.92 Å². The number of anilines is 5. The number of hydrogen-bond donors (Lipinski definition) is 3. The first-order valence-electron chi connectivity index (χ1n) is 10.3. The molecule has 0 unspecified atom stereocenters. The van der Waals surface area contributed by atoms with Gasteiger partial charge in [-0.2, -0.15) is 0 Å². The maximum Gasteiger partial charge on any atom is 0.338 e. The summed E-state index contributed by atoms with van der Waals surface area (Å²) in [5, 5.41) is 7.43. The van der Waals surface area contributed by atoms with E-state index in [4.69, 9.17) is 10.5 Å². The van der Waals surface area contributed by atoms with E-state index in [0.29, 0.717) is 29.5 Å². The Balaban J connectivity index is 1.51. The minimum Gasteiger partial charge on any atom is -0.462 e. The SMILES string of the molecule is CC(C)COC(=O)c1ccc(Nc2ncnc(Nc3cccc4cccnc34)c2N)cc1. The van der Waals surface area contributed by atoms with Crippen LogP contribution >= 0.6 is 0 Å². The molecule has 0 bridgehead atoms. The zero-order valence-electron chi connectivity index (χ0n) is 17.9. The number of nitrogens with one attached hydrogen (secondary N) is 2. The molecular weight excluding hydrogens is 404 g/mol. The van der Waals surface area contributed by atoms with Gasteiger partial charge in [-0.05, 0) is 42.3 Å². The van der Waals surface area contributed by atoms with Crippen molar-refractivity contribution in [3.8, 4) is 0 Å². The fourth-order valence-corrected chi connectivity index (χ4v) is 3.08. The Kier molecular flexibility index (Phi) is 6.12. The molecule has 162 valence electrons. The Bertz CT molecular complexity index is 1240. The molecule has 2 heterocycles. The quantitative estimate of drug-likeness (QED) is 0.356. The van der Waals surface area contributed by atoms with Gasteiger partial charge in [-0.25, -0.2) is 14.8 Å². The molecular formula is C24H24N6O2. The van der Waals surface area contributed by atoms with E-state index < -0.39 is 0 Å². The van der Waals surface area contributed by atoms with Crippen LogP contribution in [0.4, 0.5) is 28.7 Å². The van der Waals surface area contributed by atoms with Crippen LogP contribution in [0.2, 0.25) is 0 Å². The Morgan fingerprint density at radius 1 is 0.969 bits per heavy atom. The molecule has 0 aliphatic carbocycles. The van der Waals surface area contributed by atoms with E-state index in [1.54, 1.807) is 30.5 Å². The number of hydrogen-bond acceptors (Lipinski definition) is 8. The van der Waals surface area contributed by atoms with Crippen molar-refractivity contribution in [2.45, 2.75) is 13.8 Å². The third-order valence-electron chi connectivity index (χ3n) is 4.70. The molecule has 32 heavy (non-hydrogen) atoms. The summed E-state index contributed by atoms with van der Waals surface area (Å²) in [7, 11) is 0. The van der Waals surface area contributed by atoms with Crippen LogP contribution in [0.15, 0.2) is 67.1 Å². The first kappa shape index (κ1) is 21.0. The first-order chi connectivity index (χ1) is 15.5. The predicted molar refractivity (Wildman–Crippen MR) is 126 cm³/mol. The lowest BCUT2D eigenvalue weighted by Crippen LogP contribution is -2.10. The molecule has 8 nitrogen and oxygen atoms in total. The van der Waals surface area contributed by atoms with Crippen molar-refractivity contribution in [3.05, 3.63) is 72.7 Å². The summed E-state index contributed by atoms with van der Waals surface area (Å²) in [5.74, 6) is 0.857. The van der Waals surface area contributed by atoms with Crippen LogP contribution in [0.5, 0.6) is 0 Å². The lowest BCUT2D eigenvalue weighted by Gasteiger charge is -2.14. The zero-order chi connectivity index (χ0) is 22.5. The van der Waals surface area contributed by atoms with Gasteiger partial charge in [0.05, 0.1) is 23.4 Å². The topological polar surface area (TPSA) is 115 Å². The highest BCUT2D eigenvalue weighted by Crippen LogP contribution is 2.30. The Hall–Kier alpha value is -4.20. The summed E-state index contributed by atoms with van der Waals surface area (Å²) in [5.41, 5.74) is 9.52. The van der Waals surface area contributed by atoms with Gasteiger partial charge in [-0.3, -0.25) is 4.98 Å². The molecule has 0 aliphatic heterocycles. The molecule has 2 aromatic carbocycles. The fraction of sp³-hybridized carbons (Fsp3) is 0.167. The van der Waals surface area contributed by atoms with Crippen molar-refractivity contribution in [3.63, 3.8) is 0 Å². The lowest BCUT2D eigenvalue weighted by molar-refractivity contribution is 0.0459. The van der Waals surface area contributed by atoms with Crippen molar-refractivity contribution < 1.29 is 9.53 Å². The van der Waals surface area contributed by atoms with Crippen molar-refractivity contribution in [2.24, 2.45) is 5.92 Å². The standard InChI is InChI=1S/C24H24N6O2/c1-15(2)13-32-24(31)17-8-10-18(11-9-17)29-22-20(25)23(28-14-27-22)30-19-7-3-5-16-6-4-12-26-21(16)19/h3-12,14-15H,13,25H2,1-2H3,(H2,27,28,29,30). The largest absolute Gasteiger partial charge is 0.462 e. The van der Waals surface area contributed by atoms with Crippen LogP contribution in [0.25, 0.3) is 10.9 Å². The van der Waals surface area contributed by atoms with Crippen molar-refractivity contribution in [1.29, 1.82) is 0 Å². The van der Waals surface area contributed by atoms with Gasteiger partial charge in [0.15, 0.2) is 11.6 Å². The number of rotatable bonds is 7. The van der Waals surface area contributed by atoms with Crippen molar-refractivity contribution >= 4 is 45.6 Å². The van der Waals surface area contributed by atoms with Crippen molar-refractivity contribution in [2.75, 3.05) is 23.0 Å². The van der Waals surface area contributed by atoms with Gasteiger partial charge in [0.1, 0.15) is 12.0 Å². The number of para-hydroxylation sites is 1. The average molecular weight is 428 g/mol. The highest BCUT2D eigenvalue weighted by molar-refractivity contribution is 5.93. The highest BCUT2D eigenvalue weighted by atomic mass is 16.5. The van der Waals surface area contributed by atoms with Crippen LogP contribution < -0.4 is 16.4 Å². The molecule has 0 fully saturated rings. The Morgan fingerprint density at radius 3 is 2.44 bits per heavy atom. The van der Waals surface area contributed by atoms with Gasteiger partial charge in [0.2, 0.25) is 0 Å². The third-order valence-corrected chi connectivity index (χ3v) is 4.70. The smallest absolute Gasteiger partial charge is 0.338 e. The molecule has 0 saturated heterocycles. The average Bonchev–Trinajstić information content (AvgIpc) is 2.81. The number of nitrogens with zero attached hydrogens (tertiary/aromatic N) is 3. The van der Waals surface area contributed by atoms with Crippen LogP contribution in [0.1, 0.15) is 24.2 Å². The van der Waals surface area contributed by atoms with Crippen LogP contribution in [-0.4, -0.2) is 27.5 Å². The number of aromatic nitrogens is 3. The van der Waals surface area contributed by atoms with Gasteiger partial charge in [0.25, 0.3) is 0 Å². The summed E-state index contributed by atoms with van der Waals surface area (Å²) in [6.07, 6.45) is 3.17.